The number of aliphatic imine (C=N–C) groups is 1. The van der Waals surface area contributed by atoms with E-state index < -0.39 is 12.8 Å². The second kappa shape index (κ2) is 8.63. The number of ether oxygens (including phenoxy) is 2. The van der Waals surface area contributed by atoms with Crippen molar-refractivity contribution in [1.29, 1.82) is 0 Å². The SMILES string of the molecule is COc1cc(CN=C(N)N(C)C2CC2)ccc1OCC(F)(F)F.I. The average Bonchev–Trinajstić information content (AvgIpc) is 3.34. The fraction of sp³-hybridized carbons (Fsp3) is 0.533. The Labute approximate surface area is 156 Å². The van der Waals surface area contributed by atoms with Gasteiger partial charge in [0.2, 0.25) is 0 Å². The third-order valence-corrected chi connectivity index (χ3v) is 3.50. The molecule has 2 N–H and O–H groups in total. The molecule has 0 saturated heterocycles. The molecule has 2 rings (SSSR count). The van der Waals surface area contributed by atoms with Gasteiger partial charge in [-0.3, -0.25) is 0 Å². The molecule has 0 unspecified atom stereocenters. The van der Waals surface area contributed by atoms with Crippen molar-refractivity contribution in [2.75, 3.05) is 20.8 Å². The first kappa shape index (κ1) is 20.7. The Kier molecular flexibility index (Phi) is 7.43. The quantitative estimate of drug-likeness (QED) is 0.404. The maximum absolute atomic E-state index is 12.2. The lowest BCUT2D eigenvalue weighted by molar-refractivity contribution is -0.153. The first-order chi connectivity index (χ1) is 10.8. The van der Waals surface area contributed by atoms with Crippen LogP contribution in [0.4, 0.5) is 13.2 Å². The number of guanidine groups is 1. The van der Waals surface area contributed by atoms with Crippen molar-refractivity contribution in [2.24, 2.45) is 10.7 Å². The minimum Gasteiger partial charge on any atom is -0.493 e. The molecule has 1 aromatic rings. The molecule has 9 heteroatoms. The van der Waals surface area contributed by atoms with Crippen LogP contribution in [0, 0.1) is 0 Å². The summed E-state index contributed by atoms with van der Waals surface area (Å²) < 4.78 is 46.4. The van der Waals surface area contributed by atoms with E-state index >= 15 is 0 Å². The van der Waals surface area contributed by atoms with Crippen LogP contribution in [0.25, 0.3) is 0 Å². The molecule has 1 saturated carbocycles. The second-order valence-electron chi connectivity index (χ2n) is 5.41. The summed E-state index contributed by atoms with van der Waals surface area (Å²) in [5.74, 6) is 0.723. The summed E-state index contributed by atoms with van der Waals surface area (Å²) in [6, 6.07) is 5.14. The third-order valence-electron chi connectivity index (χ3n) is 3.50. The minimum atomic E-state index is -4.39. The summed E-state index contributed by atoms with van der Waals surface area (Å²) in [5, 5.41) is 0. The molecule has 0 amide bonds. The van der Waals surface area contributed by atoms with Gasteiger partial charge in [-0.05, 0) is 30.5 Å². The summed E-state index contributed by atoms with van der Waals surface area (Å²) in [4.78, 5) is 6.22. The van der Waals surface area contributed by atoms with Crippen molar-refractivity contribution in [1.82, 2.24) is 4.90 Å². The molecule has 0 heterocycles. The van der Waals surface area contributed by atoms with Gasteiger partial charge in [0.15, 0.2) is 24.1 Å². The molecule has 5 nitrogen and oxygen atoms in total. The Morgan fingerprint density at radius 1 is 1.33 bits per heavy atom. The van der Waals surface area contributed by atoms with Crippen molar-refractivity contribution in [3.8, 4) is 11.5 Å². The Bertz CT molecular complexity index is 578. The average molecular weight is 459 g/mol. The van der Waals surface area contributed by atoms with Crippen LogP contribution in [-0.4, -0.2) is 43.8 Å². The predicted octanol–water partition coefficient (Wildman–Crippen LogP) is 3.16. The van der Waals surface area contributed by atoms with Gasteiger partial charge in [-0.1, -0.05) is 6.07 Å². The fourth-order valence-electron chi connectivity index (χ4n) is 2.02. The molecule has 0 aromatic heterocycles. The van der Waals surface area contributed by atoms with Gasteiger partial charge in [0.1, 0.15) is 0 Å². The minimum absolute atomic E-state index is 0. The lowest BCUT2D eigenvalue weighted by atomic mass is 10.2. The van der Waals surface area contributed by atoms with Crippen LogP contribution < -0.4 is 15.2 Å². The summed E-state index contributed by atoms with van der Waals surface area (Å²) in [6.07, 6.45) is -2.16. The molecule has 1 aliphatic carbocycles. The fourth-order valence-corrected chi connectivity index (χ4v) is 2.02. The van der Waals surface area contributed by atoms with Gasteiger partial charge in [-0.2, -0.15) is 13.2 Å². The van der Waals surface area contributed by atoms with Crippen molar-refractivity contribution < 1.29 is 22.6 Å². The Morgan fingerprint density at radius 3 is 2.54 bits per heavy atom. The van der Waals surface area contributed by atoms with Gasteiger partial charge < -0.3 is 20.1 Å². The molecule has 0 bridgehead atoms. The molecule has 136 valence electrons. The second-order valence-corrected chi connectivity index (χ2v) is 5.41. The molecule has 1 fully saturated rings. The molecule has 24 heavy (non-hydrogen) atoms. The van der Waals surface area contributed by atoms with E-state index in [0.29, 0.717) is 18.5 Å². The lowest BCUT2D eigenvalue weighted by Crippen LogP contribution is -2.35. The summed E-state index contributed by atoms with van der Waals surface area (Å²) in [7, 11) is 3.27. The van der Waals surface area contributed by atoms with Gasteiger partial charge in [-0.25, -0.2) is 4.99 Å². The third kappa shape index (κ3) is 6.25. The molecule has 1 aromatic carbocycles. The first-order valence-electron chi connectivity index (χ1n) is 7.19. The standard InChI is InChI=1S/C15H20F3N3O2.HI/c1-21(11-4-5-11)14(19)20-8-10-3-6-12(13(7-10)22-2)23-9-15(16,17)18;/h3,6-7,11H,4-5,8-9H2,1-2H3,(H2,19,20);1H. The number of nitrogens with zero attached hydrogens (tertiary/aromatic N) is 2. The number of alkyl halides is 3. The van der Waals surface area contributed by atoms with Crippen LogP contribution in [0.3, 0.4) is 0 Å². The summed E-state index contributed by atoms with van der Waals surface area (Å²) in [6.45, 7) is -1.04. The number of hydrogen-bond acceptors (Lipinski definition) is 3. The zero-order chi connectivity index (χ0) is 17.0. The predicted molar refractivity (Wildman–Crippen MR) is 96.1 cm³/mol. The van der Waals surface area contributed by atoms with Crippen LogP contribution in [0.1, 0.15) is 18.4 Å². The van der Waals surface area contributed by atoms with E-state index in [9.17, 15) is 13.2 Å². The number of benzene rings is 1. The van der Waals surface area contributed by atoms with Crippen LogP contribution >= 0.6 is 24.0 Å². The topological polar surface area (TPSA) is 60.1 Å². The van der Waals surface area contributed by atoms with E-state index in [1.165, 1.54) is 13.2 Å². The van der Waals surface area contributed by atoms with E-state index in [1.807, 2.05) is 11.9 Å². The maximum atomic E-state index is 12.2. The Balaban J connectivity index is 0.00000288. The monoisotopic (exact) mass is 459 g/mol. The number of halogens is 4. The summed E-state index contributed by atoms with van der Waals surface area (Å²) in [5.41, 5.74) is 6.67. The van der Waals surface area contributed by atoms with Gasteiger partial charge in [0.05, 0.1) is 13.7 Å². The van der Waals surface area contributed by atoms with Crippen molar-refractivity contribution >= 4 is 29.9 Å². The maximum Gasteiger partial charge on any atom is 0.422 e. The van der Waals surface area contributed by atoms with Crippen molar-refractivity contribution in [3.05, 3.63) is 23.8 Å². The van der Waals surface area contributed by atoms with Gasteiger partial charge in [0.25, 0.3) is 0 Å². The van der Waals surface area contributed by atoms with Crippen molar-refractivity contribution in [2.45, 2.75) is 31.6 Å². The number of methoxy groups -OCH3 is 1. The van der Waals surface area contributed by atoms with Crippen LogP contribution in [0.15, 0.2) is 23.2 Å². The summed E-state index contributed by atoms with van der Waals surface area (Å²) >= 11 is 0. The number of rotatable bonds is 6. The molecular weight excluding hydrogens is 438 g/mol. The normalized spacial score (nSPS) is 14.8. The first-order valence-corrected chi connectivity index (χ1v) is 7.19. The molecule has 1 aliphatic rings. The molecular formula is C15H21F3IN3O2. The molecule has 0 radical (unpaired) electrons. The lowest BCUT2D eigenvalue weighted by Gasteiger charge is -2.17. The largest absolute Gasteiger partial charge is 0.493 e. The van der Waals surface area contributed by atoms with Crippen molar-refractivity contribution in [3.63, 3.8) is 0 Å². The van der Waals surface area contributed by atoms with E-state index in [4.69, 9.17) is 15.2 Å². The van der Waals surface area contributed by atoms with Gasteiger partial charge in [-0.15, -0.1) is 24.0 Å². The van der Waals surface area contributed by atoms with Gasteiger partial charge >= 0.3 is 6.18 Å². The van der Waals surface area contributed by atoms with Gasteiger partial charge in [0, 0.05) is 13.1 Å². The van der Waals surface area contributed by atoms with E-state index in [2.05, 4.69) is 4.99 Å². The highest BCUT2D eigenvalue weighted by Gasteiger charge is 2.29. The Morgan fingerprint density at radius 2 is 2.00 bits per heavy atom. The van der Waals surface area contributed by atoms with E-state index in [0.717, 1.165) is 18.4 Å². The molecule has 0 atom stereocenters. The Hall–Kier alpha value is -1.39. The highest BCUT2D eigenvalue weighted by Crippen LogP contribution is 2.30. The highest BCUT2D eigenvalue weighted by molar-refractivity contribution is 14.0. The molecule has 0 spiro atoms. The van der Waals surface area contributed by atoms with E-state index in [-0.39, 0.29) is 35.5 Å². The smallest absolute Gasteiger partial charge is 0.422 e. The number of nitrogens with two attached hydrogens (primary N) is 1. The molecule has 0 aliphatic heterocycles. The number of hydrogen-bond donors (Lipinski definition) is 1. The van der Waals surface area contributed by atoms with E-state index in [1.54, 1.807) is 12.1 Å². The van der Waals surface area contributed by atoms with Crippen LogP contribution in [0.5, 0.6) is 11.5 Å². The van der Waals surface area contributed by atoms with Crippen LogP contribution in [0.2, 0.25) is 0 Å². The zero-order valence-electron chi connectivity index (χ0n) is 13.5. The highest BCUT2D eigenvalue weighted by atomic mass is 127. The van der Waals surface area contributed by atoms with Crippen LogP contribution in [-0.2, 0) is 6.54 Å². The zero-order valence-corrected chi connectivity index (χ0v) is 15.8.